The first kappa shape index (κ1) is 26.3. The molecule has 1 fully saturated rings. The van der Waals surface area contributed by atoms with Crippen molar-refractivity contribution in [2.24, 2.45) is 10.4 Å². The Hall–Kier alpha value is -1.71. The Morgan fingerprint density at radius 3 is 2.37 bits per heavy atom. The number of hydrogen-bond acceptors (Lipinski definition) is 4. The molecule has 2 rings (SSSR count). The van der Waals surface area contributed by atoms with Crippen molar-refractivity contribution in [2.45, 2.75) is 39.2 Å². The summed E-state index contributed by atoms with van der Waals surface area (Å²) < 4.78 is 10.8. The van der Waals surface area contributed by atoms with Gasteiger partial charge in [0, 0.05) is 45.9 Å². The Labute approximate surface area is 198 Å². The molecule has 8 heteroatoms. The fourth-order valence-electron chi connectivity index (χ4n) is 3.97. The van der Waals surface area contributed by atoms with E-state index >= 15 is 0 Å². The summed E-state index contributed by atoms with van der Waals surface area (Å²) in [6, 6.07) is 5.82. The lowest BCUT2D eigenvalue weighted by molar-refractivity contribution is -0.138. The number of benzene rings is 1. The maximum absolute atomic E-state index is 12.8. The number of amides is 1. The van der Waals surface area contributed by atoms with E-state index in [0.717, 1.165) is 55.3 Å². The Balaban J connectivity index is 0.00000450. The lowest BCUT2D eigenvalue weighted by atomic mass is 9.85. The second kappa shape index (κ2) is 12.2. The first-order valence-electron chi connectivity index (χ1n) is 10.3. The lowest BCUT2D eigenvalue weighted by Gasteiger charge is -2.30. The van der Waals surface area contributed by atoms with E-state index in [1.165, 1.54) is 0 Å². The smallest absolute Gasteiger partial charge is 0.230 e. The number of methoxy groups -OCH3 is 2. The number of rotatable bonds is 8. The summed E-state index contributed by atoms with van der Waals surface area (Å²) in [6.45, 7) is 3.95. The second-order valence-electron chi connectivity index (χ2n) is 7.89. The van der Waals surface area contributed by atoms with E-state index in [9.17, 15) is 4.79 Å². The first-order chi connectivity index (χ1) is 13.9. The van der Waals surface area contributed by atoms with Crippen LogP contribution in [-0.4, -0.2) is 70.1 Å². The monoisotopic (exact) mass is 532 g/mol. The number of hydrogen-bond donors (Lipinski definition) is 1. The predicted molar refractivity (Wildman–Crippen MR) is 132 cm³/mol. The quantitative estimate of drug-likeness (QED) is 0.316. The van der Waals surface area contributed by atoms with Crippen LogP contribution in [0.5, 0.6) is 11.5 Å². The molecule has 1 aromatic carbocycles. The highest BCUT2D eigenvalue weighted by Crippen LogP contribution is 2.39. The molecule has 0 unspecified atom stereocenters. The molecule has 1 aliphatic carbocycles. The summed E-state index contributed by atoms with van der Waals surface area (Å²) in [6.07, 6.45) is 3.99. The minimum atomic E-state index is -0.372. The molecule has 7 nitrogen and oxygen atoms in total. The summed E-state index contributed by atoms with van der Waals surface area (Å²) in [4.78, 5) is 21.5. The van der Waals surface area contributed by atoms with E-state index in [1.54, 1.807) is 19.1 Å². The van der Waals surface area contributed by atoms with Crippen LogP contribution in [0, 0.1) is 5.41 Å². The van der Waals surface area contributed by atoms with E-state index in [-0.39, 0.29) is 35.3 Å². The minimum Gasteiger partial charge on any atom is -0.497 e. The van der Waals surface area contributed by atoms with Gasteiger partial charge in [-0.25, -0.2) is 0 Å². The maximum Gasteiger partial charge on any atom is 0.230 e. The number of ether oxygens (including phenoxy) is 2. The molecule has 1 N–H and O–H groups in total. The Bertz CT molecular complexity index is 718. The fraction of sp³-hybridized carbons (Fsp3) is 0.636. The van der Waals surface area contributed by atoms with Gasteiger partial charge in [-0.1, -0.05) is 12.8 Å². The number of carbonyl (C=O) groups excluding carboxylic acids is 1. The topological polar surface area (TPSA) is 66.4 Å². The SMILES string of the molecule is CCNC(=NCC1(C(=O)N(C)C)CCCC1)N(C)Cc1ccc(OC)cc1OC.I. The number of aliphatic imine (C=N–C) groups is 1. The van der Waals surface area contributed by atoms with E-state index in [1.807, 2.05) is 46.3 Å². The van der Waals surface area contributed by atoms with Gasteiger partial charge in [-0.05, 0) is 31.9 Å². The van der Waals surface area contributed by atoms with Crippen molar-refractivity contribution in [3.63, 3.8) is 0 Å². The van der Waals surface area contributed by atoms with E-state index in [4.69, 9.17) is 14.5 Å². The van der Waals surface area contributed by atoms with E-state index < -0.39 is 0 Å². The highest BCUT2D eigenvalue weighted by atomic mass is 127. The fourth-order valence-corrected chi connectivity index (χ4v) is 3.97. The van der Waals surface area contributed by atoms with Crippen molar-refractivity contribution >= 4 is 35.8 Å². The van der Waals surface area contributed by atoms with Gasteiger partial charge in [0.25, 0.3) is 0 Å². The highest BCUT2D eigenvalue weighted by molar-refractivity contribution is 14.0. The number of nitrogens with zero attached hydrogens (tertiary/aromatic N) is 3. The van der Waals surface area contributed by atoms with Crippen LogP contribution >= 0.6 is 24.0 Å². The lowest BCUT2D eigenvalue weighted by Crippen LogP contribution is -2.43. The zero-order valence-electron chi connectivity index (χ0n) is 19.2. The van der Waals surface area contributed by atoms with Crippen molar-refractivity contribution in [3.8, 4) is 11.5 Å². The van der Waals surface area contributed by atoms with Crippen molar-refractivity contribution in [1.29, 1.82) is 0 Å². The summed E-state index contributed by atoms with van der Waals surface area (Å²) in [5.74, 6) is 2.53. The van der Waals surface area contributed by atoms with Gasteiger partial charge in [0.05, 0.1) is 26.2 Å². The third kappa shape index (κ3) is 6.39. The molecule has 0 heterocycles. The first-order valence-corrected chi connectivity index (χ1v) is 10.3. The summed E-state index contributed by atoms with van der Waals surface area (Å²) in [5, 5.41) is 3.36. The average Bonchev–Trinajstić information content (AvgIpc) is 3.20. The third-order valence-electron chi connectivity index (χ3n) is 5.55. The molecule has 0 aromatic heterocycles. The van der Waals surface area contributed by atoms with Gasteiger partial charge in [0.1, 0.15) is 11.5 Å². The molecule has 0 saturated heterocycles. The maximum atomic E-state index is 12.8. The molecule has 0 radical (unpaired) electrons. The van der Waals surface area contributed by atoms with Crippen molar-refractivity contribution < 1.29 is 14.3 Å². The Morgan fingerprint density at radius 1 is 1.17 bits per heavy atom. The second-order valence-corrected chi connectivity index (χ2v) is 7.89. The van der Waals surface area contributed by atoms with Crippen molar-refractivity contribution in [2.75, 3.05) is 48.5 Å². The number of carbonyl (C=O) groups is 1. The van der Waals surface area contributed by atoms with Gasteiger partial charge >= 0.3 is 0 Å². The normalized spacial score (nSPS) is 15.2. The number of nitrogens with one attached hydrogen (secondary N) is 1. The van der Waals surface area contributed by atoms with Crippen molar-refractivity contribution in [3.05, 3.63) is 23.8 Å². The average molecular weight is 532 g/mol. The summed E-state index contributed by atoms with van der Waals surface area (Å²) in [5.41, 5.74) is 0.671. The molecule has 170 valence electrons. The van der Waals surface area contributed by atoms with Gasteiger partial charge in [-0.3, -0.25) is 9.79 Å². The largest absolute Gasteiger partial charge is 0.497 e. The Morgan fingerprint density at radius 2 is 1.83 bits per heavy atom. The summed E-state index contributed by atoms with van der Waals surface area (Å²) in [7, 11) is 8.97. The molecule has 1 aromatic rings. The molecule has 1 aliphatic rings. The van der Waals surface area contributed by atoms with Crippen LogP contribution in [0.3, 0.4) is 0 Å². The van der Waals surface area contributed by atoms with Gasteiger partial charge in [0.2, 0.25) is 5.91 Å². The zero-order chi connectivity index (χ0) is 21.4. The zero-order valence-corrected chi connectivity index (χ0v) is 21.5. The van der Waals surface area contributed by atoms with Crippen LogP contribution in [-0.2, 0) is 11.3 Å². The summed E-state index contributed by atoms with van der Waals surface area (Å²) >= 11 is 0. The third-order valence-corrected chi connectivity index (χ3v) is 5.55. The predicted octanol–water partition coefficient (Wildman–Crippen LogP) is 3.37. The van der Waals surface area contributed by atoms with Gasteiger partial charge in [-0.15, -0.1) is 24.0 Å². The van der Waals surface area contributed by atoms with Gasteiger partial charge < -0.3 is 24.6 Å². The van der Waals surface area contributed by atoms with E-state index in [2.05, 4.69) is 10.2 Å². The molecule has 0 atom stereocenters. The molecule has 30 heavy (non-hydrogen) atoms. The van der Waals surface area contributed by atoms with Crippen LogP contribution in [0.1, 0.15) is 38.2 Å². The minimum absolute atomic E-state index is 0. The molecule has 1 amide bonds. The molecular weight excluding hydrogens is 495 g/mol. The van der Waals surface area contributed by atoms with Crippen LogP contribution < -0.4 is 14.8 Å². The Kier molecular flexibility index (Phi) is 10.7. The van der Waals surface area contributed by atoms with Gasteiger partial charge in [-0.2, -0.15) is 0 Å². The van der Waals surface area contributed by atoms with Crippen molar-refractivity contribution in [1.82, 2.24) is 15.1 Å². The van der Waals surface area contributed by atoms with Gasteiger partial charge in [0.15, 0.2) is 5.96 Å². The highest BCUT2D eigenvalue weighted by Gasteiger charge is 2.42. The molecule has 1 saturated carbocycles. The number of halogens is 1. The van der Waals surface area contributed by atoms with Crippen LogP contribution in [0.2, 0.25) is 0 Å². The molecule has 0 aliphatic heterocycles. The van der Waals surface area contributed by atoms with E-state index in [0.29, 0.717) is 13.1 Å². The molecular formula is C22H37IN4O3. The molecule has 0 spiro atoms. The van der Waals surface area contributed by atoms with Crippen LogP contribution in [0.25, 0.3) is 0 Å². The van der Waals surface area contributed by atoms with Crippen LogP contribution in [0.15, 0.2) is 23.2 Å². The molecule has 0 bridgehead atoms. The standard InChI is InChI=1S/C22H36N4O3.HI/c1-7-23-21(24-16-22(12-8-9-13-22)20(27)25(2)3)26(4)15-17-10-11-18(28-5)14-19(17)29-6;/h10-11,14H,7-9,12-13,15-16H2,1-6H3,(H,23,24);1H. The van der Waals surface area contributed by atoms with Crippen LogP contribution in [0.4, 0.5) is 0 Å². The number of guanidine groups is 1.